The highest BCUT2D eigenvalue weighted by Crippen LogP contribution is 2.12. The first-order valence-corrected chi connectivity index (χ1v) is 7.94. The fourth-order valence-electron chi connectivity index (χ4n) is 2.44. The summed E-state index contributed by atoms with van der Waals surface area (Å²) in [5.41, 5.74) is 2.17. The summed E-state index contributed by atoms with van der Waals surface area (Å²) < 4.78 is 15.6. The first-order valence-electron chi connectivity index (χ1n) is 7.94. The van der Waals surface area contributed by atoms with Crippen molar-refractivity contribution in [2.45, 2.75) is 13.1 Å². The molecule has 0 aliphatic rings. The molecule has 6 nitrogen and oxygen atoms in total. The molecule has 0 saturated heterocycles. The van der Waals surface area contributed by atoms with Gasteiger partial charge in [0.25, 0.3) is 0 Å². The fourth-order valence-corrected chi connectivity index (χ4v) is 2.44. The molecule has 3 rings (SSSR count). The Morgan fingerprint density at radius 3 is 2.85 bits per heavy atom. The van der Waals surface area contributed by atoms with Gasteiger partial charge in [0, 0.05) is 30.2 Å². The van der Waals surface area contributed by atoms with E-state index in [2.05, 4.69) is 15.7 Å². The van der Waals surface area contributed by atoms with Gasteiger partial charge in [-0.2, -0.15) is 10.4 Å². The molecule has 3 aromatic rings. The third kappa shape index (κ3) is 4.45. The van der Waals surface area contributed by atoms with E-state index in [-0.39, 0.29) is 12.1 Å². The number of nitrogens with zero attached hydrogens (tertiary/aromatic N) is 3. The molecule has 2 aromatic carbocycles. The molecule has 0 aliphatic heterocycles. The standard InChI is InChI=1S/C19H16FN5O/c20-18-10-14(11-21)5-6-16(18)12-22-19(26)24-17-4-1-3-15(9-17)13-25-8-2-7-23-25/h1-10H,12-13H2,(H2,22,24,26). The van der Waals surface area contributed by atoms with Crippen LogP contribution in [0, 0.1) is 17.1 Å². The topological polar surface area (TPSA) is 82.7 Å². The summed E-state index contributed by atoms with van der Waals surface area (Å²) in [5, 5.41) is 18.2. The molecule has 0 radical (unpaired) electrons. The van der Waals surface area contributed by atoms with E-state index in [1.165, 1.54) is 12.1 Å². The van der Waals surface area contributed by atoms with E-state index < -0.39 is 11.8 Å². The maximum Gasteiger partial charge on any atom is 0.319 e. The zero-order valence-electron chi connectivity index (χ0n) is 13.8. The van der Waals surface area contributed by atoms with E-state index in [9.17, 15) is 9.18 Å². The molecule has 1 aromatic heterocycles. The number of halogens is 1. The lowest BCUT2D eigenvalue weighted by Crippen LogP contribution is -2.28. The van der Waals surface area contributed by atoms with Gasteiger partial charge in [-0.25, -0.2) is 9.18 Å². The molecule has 0 saturated carbocycles. The monoisotopic (exact) mass is 349 g/mol. The summed E-state index contributed by atoms with van der Waals surface area (Å²) in [7, 11) is 0. The number of benzene rings is 2. The maximum atomic E-state index is 13.8. The molecule has 2 N–H and O–H groups in total. The first kappa shape index (κ1) is 17.2. The van der Waals surface area contributed by atoms with E-state index in [4.69, 9.17) is 5.26 Å². The van der Waals surface area contributed by atoms with Gasteiger partial charge in [-0.1, -0.05) is 18.2 Å². The van der Waals surface area contributed by atoms with Crippen LogP contribution in [0.15, 0.2) is 60.9 Å². The SMILES string of the molecule is N#Cc1ccc(CNC(=O)Nc2cccc(Cn3cccn3)c2)c(F)c1. The highest BCUT2D eigenvalue weighted by Gasteiger charge is 2.07. The van der Waals surface area contributed by atoms with E-state index >= 15 is 0 Å². The molecule has 7 heteroatoms. The zero-order valence-corrected chi connectivity index (χ0v) is 13.8. The van der Waals surface area contributed by atoms with E-state index in [1.54, 1.807) is 16.9 Å². The number of urea groups is 1. The quantitative estimate of drug-likeness (QED) is 0.742. The zero-order chi connectivity index (χ0) is 18.4. The van der Waals surface area contributed by atoms with Crippen molar-refractivity contribution in [3.63, 3.8) is 0 Å². The predicted molar refractivity (Wildman–Crippen MR) is 94.7 cm³/mol. The van der Waals surface area contributed by atoms with Crippen LogP contribution in [-0.2, 0) is 13.1 Å². The van der Waals surface area contributed by atoms with Gasteiger partial charge in [0.1, 0.15) is 5.82 Å². The summed E-state index contributed by atoms with van der Waals surface area (Å²) in [5.74, 6) is -0.523. The normalized spacial score (nSPS) is 10.2. The molecule has 26 heavy (non-hydrogen) atoms. The van der Waals surface area contributed by atoms with Crippen LogP contribution in [0.4, 0.5) is 14.9 Å². The van der Waals surface area contributed by atoms with Gasteiger partial charge in [0.2, 0.25) is 0 Å². The lowest BCUT2D eigenvalue weighted by Gasteiger charge is -2.10. The van der Waals surface area contributed by atoms with Crippen molar-refractivity contribution >= 4 is 11.7 Å². The molecular formula is C19H16FN5O. The Morgan fingerprint density at radius 1 is 1.23 bits per heavy atom. The Kier molecular flexibility index (Phi) is 5.25. The van der Waals surface area contributed by atoms with Crippen LogP contribution in [0.3, 0.4) is 0 Å². The number of rotatable bonds is 5. The Bertz CT molecular complexity index is 947. The van der Waals surface area contributed by atoms with Gasteiger partial charge in [-0.3, -0.25) is 4.68 Å². The van der Waals surface area contributed by atoms with Crippen molar-refractivity contribution in [1.82, 2.24) is 15.1 Å². The van der Waals surface area contributed by atoms with Crippen molar-refractivity contribution in [3.05, 3.63) is 83.4 Å². The third-order valence-electron chi connectivity index (χ3n) is 3.71. The average Bonchev–Trinajstić information content (AvgIpc) is 3.14. The van der Waals surface area contributed by atoms with Crippen LogP contribution in [0.25, 0.3) is 0 Å². The summed E-state index contributed by atoms with van der Waals surface area (Å²) in [6.45, 7) is 0.622. The average molecular weight is 349 g/mol. The number of aromatic nitrogens is 2. The molecule has 0 unspecified atom stereocenters. The van der Waals surface area contributed by atoms with E-state index in [0.717, 1.165) is 11.6 Å². The van der Waals surface area contributed by atoms with Gasteiger partial charge < -0.3 is 10.6 Å². The smallest absolute Gasteiger partial charge is 0.319 e. The molecule has 2 amide bonds. The molecule has 130 valence electrons. The summed E-state index contributed by atoms with van der Waals surface area (Å²) in [6.07, 6.45) is 3.57. The number of hydrogen-bond donors (Lipinski definition) is 2. The number of amides is 2. The molecule has 0 aliphatic carbocycles. The lowest BCUT2D eigenvalue weighted by molar-refractivity contribution is 0.251. The van der Waals surface area contributed by atoms with Crippen LogP contribution in [0.1, 0.15) is 16.7 Å². The Balaban J connectivity index is 1.57. The minimum absolute atomic E-state index is 0.0242. The van der Waals surface area contributed by atoms with Crippen molar-refractivity contribution < 1.29 is 9.18 Å². The number of hydrogen-bond acceptors (Lipinski definition) is 3. The summed E-state index contributed by atoms with van der Waals surface area (Å²) in [6, 6.07) is 14.8. The largest absolute Gasteiger partial charge is 0.334 e. The van der Waals surface area contributed by atoms with E-state index in [0.29, 0.717) is 17.8 Å². The number of carbonyl (C=O) groups excluding carboxylic acids is 1. The van der Waals surface area contributed by atoms with Crippen LogP contribution < -0.4 is 10.6 Å². The molecule has 0 bridgehead atoms. The van der Waals surface area contributed by atoms with Gasteiger partial charge in [0.05, 0.1) is 18.2 Å². The van der Waals surface area contributed by atoms with Crippen molar-refractivity contribution in [3.8, 4) is 6.07 Å². The second-order valence-corrected chi connectivity index (χ2v) is 5.63. The van der Waals surface area contributed by atoms with Crippen LogP contribution in [-0.4, -0.2) is 15.8 Å². The Labute approximate surface area is 149 Å². The Morgan fingerprint density at radius 2 is 2.12 bits per heavy atom. The lowest BCUT2D eigenvalue weighted by atomic mass is 10.1. The van der Waals surface area contributed by atoms with Gasteiger partial charge in [-0.15, -0.1) is 0 Å². The number of nitriles is 1. The highest BCUT2D eigenvalue weighted by atomic mass is 19.1. The van der Waals surface area contributed by atoms with Crippen LogP contribution >= 0.6 is 0 Å². The van der Waals surface area contributed by atoms with Crippen LogP contribution in [0.5, 0.6) is 0 Å². The minimum Gasteiger partial charge on any atom is -0.334 e. The van der Waals surface area contributed by atoms with Crippen LogP contribution in [0.2, 0.25) is 0 Å². The third-order valence-corrected chi connectivity index (χ3v) is 3.71. The van der Waals surface area contributed by atoms with Gasteiger partial charge in [0.15, 0.2) is 0 Å². The maximum absolute atomic E-state index is 13.8. The fraction of sp³-hybridized carbons (Fsp3) is 0.105. The molecule has 1 heterocycles. The van der Waals surface area contributed by atoms with Crippen molar-refractivity contribution in [1.29, 1.82) is 5.26 Å². The first-order chi connectivity index (χ1) is 12.6. The second kappa shape index (κ2) is 7.94. The predicted octanol–water partition coefficient (Wildman–Crippen LogP) is 3.26. The van der Waals surface area contributed by atoms with Gasteiger partial charge >= 0.3 is 6.03 Å². The number of carbonyl (C=O) groups is 1. The van der Waals surface area contributed by atoms with Gasteiger partial charge in [-0.05, 0) is 35.9 Å². The van der Waals surface area contributed by atoms with Crippen molar-refractivity contribution in [2.75, 3.05) is 5.32 Å². The Hall–Kier alpha value is -3.66. The number of anilines is 1. The number of nitrogens with one attached hydrogen (secondary N) is 2. The summed E-state index contributed by atoms with van der Waals surface area (Å²) in [4.78, 5) is 12.0. The second-order valence-electron chi connectivity index (χ2n) is 5.63. The van der Waals surface area contributed by atoms with Crippen molar-refractivity contribution in [2.24, 2.45) is 0 Å². The summed E-state index contributed by atoms with van der Waals surface area (Å²) >= 11 is 0. The van der Waals surface area contributed by atoms with E-state index in [1.807, 2.05) is 36.5 Å². The highest BCUT2D eigenvalue weighted by molar-refractivity contribution is 5.89. The molecule has 0 atom stereocenters. The molecule has 0 spiro atoms. The molecular weight excluding hydrogens is 333 g/mol. The molecule has 0 fully saturated rings. The minimum atomic E-state index is -0.523.